The molecule has 0 bridgehead atoms. The van der Waals surface area contributed by atoms with Crippen molar-refractivity contribution in [2.45, 2.75) is 64.6 Å². The van der Waals surface area contributed by atoms with Gasteiger partial charge in [0.05, 0.1) is 5.56 Å². The Morgan fingerprint density at radius 3 is 2.28 bits per heavy atom. The predicted molar refractivity (Wildman–Crippen MR) is 135 cm³/mol. The van der Waals surface area contributed by atoms with E-state index >= 15 is 0 Å². The highest BCUT2D eigenvalue weighted by atomic mass is 19.4. The molecule has 196 valence electrons. The van der Waals surface area contributed by atoms with E-state index in [0.717, 1.165) is 57.3 Å². The number of carbonyl (C=O) groups is 1. The number of piperidine rings is 1. The Labute approximate surface area is 210 Å². The molecule has 0 atom stereocenters. The van der Waals surface area contributed by atoms with E-state index in [1.807, 2.05) is 6.92 Å². The van der Waals surface area contributed by atoms with Crippen LogP contribution in [0.1, 0.15) is 56.6 Å². The van der Waals surface area contributed by atoms with Crippen LogP contribution >= 0.6 is 0 Å². The molecule has 2 aromatic carbocycles. The molecule has 4 rings (SSSR count). The summed E-state index contributed by atoms with van der Waals surface area (Å²) in [5, 5.41) is 6.44. The zero-order chi connectivity index (χ0) is 25.9. The second kappa shape index (κ2) is 10.7. The van der Waals surface area contributed by atoms with E-state index in [1.54, 1.807) is 18.2 Å². The maximum Gasteiger partial charge on any atom is 0.416 e. The van der Waals surface area contributed by atoms with Crippen LogP contribution in [0.15, 0.2) is 42.5 Å². The minimum atomic E-state index is -4.36. The molecule has 2 aromatic rings. The summed E-state index contributed by atoms with van der Waals surface area (Å²) in [5.41, 5.74) is 0.689. The van der Waals surface area contributed by atoms with Gasteiger partial charge in [0.2, 0.25) is 5.91 Å². The van der Waals surface area contributed by atoms with E-state index in [1.165, 1.54) is 31.2 Å². The van der Waals surface area contributed by atoms with Crippen molar-refractivity contribution in [1.82, 2.24) is 5.32 Å². The largest absolute Gasteiger partial charge is 0.416 e. The number of anilines is 2. The average Bonchev–Trinajstić information content (AvgIpc) is 2.85. The molecule has 4 nitrogen and oxygen atoms in total. The van der Waals surface area contributed by atoms with Gasteiger partial charge in [0.15, 0.2) is 0 Å². The third-order valence-electron chi connectivity index (χ3n) is 7.92. The number of hydrogen-bond acceptors (Lipinski definition) is 3. The molecule has 0 aromatic heterocycles. The van der Waals surface area contributed by atoms with Gasteiger partial charge in [-0.3, -0.25) is 4.79 Å². The minimum Gasteiger partial charge on any atom is -0.382 e. The fourth-order valence-electron chi connectivity index (χ4n) is 5.35. The summed E-state index contributed by atoms with van der Waals surface area (Å²) in [6, 6.07) is 11.0. The molecule has 2 N–H and O–H groups in total. The Kier molecular flexibility index (Phi) is 7.81. The molecule has 0 radical (unpaired) electrons. The monoisotopic (exact) mass is 505 g/mol. The molecule has 1 saturated carbocycles. The van der Waals surface area contributed by atoms with Gasteiger partial charge in [-0.15, -0.1) is 0 Å². The van der Waals surface area contributed by atoms with Crippen LogP contribution in [0.5, 0.6) is 0 Å². The van der Waals surface area contributed by atoms with Crippen molar-refractivity contribution in [3.05, 3.63) is 59.4 Å². The van der Waals surface area contributed by atoms with Gasteiger partial charge in [0.25, 0.3) is 0 Å². The van der Waals surface area contributed by atoms with Crippen molar-refractivity contribution >= 4 is 17.3 Å². The predicted octanol–water partition coefficient (Wildman–Crippen LogP) is 6.55. The van der Waals surface area contributed by atoms with Crippen molar-refractivity contribution in [3.63, 3.8) is 0 Å². The zero-order valence-electron chi connectivity index (χ0n) is 20.9. The van der Waals surface area contributed by atoms with Gasteiger partial charge in [-0.25, -0.2) is 4.39 Å². The van der Waals surface area contributed by atoms with Gasteiger partial charge in [0, 0.05) is 42.5 Å². The highest BCUT2D eigenvalue weighted by molar-refractivity contribution is 5.82. The smallest absolute Gasteiger partial charge is 0.382 e. The fourth-order valence-corrected chi connectivity index (χ4v) is 5.35. The van der Waals surface area contributed by atoms with Crippen molar-refractivity contribution in [2.75, 3.05) is 29.9 Å². The highest BCUT2D eigenvalue weighted by Crippen LogP contribution is 2.35. The van der Waals surface area contributed by atoms with Crippen LogP contribution in [0.4, 0.5) is 28.9 Å². The van der Waals surface area contributed by atoms with E-state index in [0.29, 0.717) is 18.2 Å². The van der Waals surface area contributed by atoms with Crippen LogP contribution in [0.3, 0.4) is 0 Å². The van der Waals surface area contributed by atoms with Crippen LogP contribution in [0.2, 0.25) is 0 Å². The van der Waals surface area contributed by atoms with E-state index in [2.05, 4.69) is 15.5 Å². The molecule has 0 unspecified atom stereocenters. The zero-order valence-corrected chi connectivity index (χ0v) is 20.9. The Morgan fingerprint density at radius 2 is 1.67 bits per heavy atom. The maximum atomic E-state index is 13.2. The number of nitrogens with zero attached hydrogens (tertiary/aromatic N) is 1. The molecule has 36 heavy (non-hydrogen) atoms. The molecule has 2 fully saturated rings. The van der Waals surface area contributed by atoms with Crippen LogP contribution in [-0.2, 0) is 11.0 Å². The topological polar surface area (TPSA) is 44.4 Å². The molecule has 1 saturated heterocycles. The third-order valence-corrected chi connectivity index (χ3v) is 7.92. The number of hydrogen-bond donors (Lipinski definition) is 2. The van der Waals surface area contributed by atoms with Gasteiger partial charge in [-0.2, -0.15) is 13.2 Å². The summed E-state index contributed by atoms with van der Waals surface area (Å²) in [5.74, 6) is 0.204. The molecule has 8 heteroatoms. The van der Waals surface area contributed by atoms with Gasteiger partial charge in [0.1, 0.15) is 5.82 Å². The number of alkyl halides is 3. The first-order chi connectivity index (χ1) is 17.0. The number of aryl methyl sites for hydroxylation is 1. The van der Waals surface area contributed by atoms with E-state index in [4.69, 9.17) is 0 Å². The first-order valence-corrected chi connectivity index (χ1v) is 12.8. The van der Waals surface area contributed by atoms with E-state index in [9.17, 15) is 22.4 Å². The van der Waals surface area contributed by atoms with Crippen LogP contribution < -0.4 is 15.5 Å². The molecule has 0 spiro atoms. The molecule has 1 aliphatic carbocycles. The second-order valence-electron chi connectivity index (χ2n) is 10.6. The molecule has 1 amide bonds. The number of benzene rings is 2. The second-order valence-corrected chi connectivity index (χ2v) is 10.6. The van der Waals surface area contributed by atoms with E-state index in [-0.39, 0.29) is 23.3 Å². The van der Waals surface area contributed by atoms with Crippen molar-refractivity contribution in [2.24, 2.45) is 11.3 Å². The normalized spacial score (nSPS) is 22.2. The number of amides is 1. The van der Waals surface area contributed by atoms with E-state index < -0.39 is 17.2 Å². The summed E-state index contributed by atoms with van der Waals surface area (Å²) in [4.78, 5) is 15.2. The standard InChI is InChI=1S/C28H35F4N3O/c1-19-3-8-23(17-25(19)28(30,31)32)34-22-9-4-20(5-10-22)18-33-26(36)27(2)13-15-35(16-14-27)24-11-6-21(29)7-12-24/h3,6-8,11-12,17,20,22,34H,4-5,9-10,13-16,18H2,1-2H3,(H,33,36). The summed E-state index contributed by atoms with van der Waals surface area (Å²) < 4.78 is 52.8. The molecular formula is C28H35F4N3O. The lowest BCUT2D eigenvalue weighted by molar-refractivity contribution is -0.138. The Balaban J connectivity index is 1.21. The lowest BCUT2D eigenvalue weighted by Crippen LogP contribution is -2.48. The van der Waals surface area contributed by atoms with Crippen LogP contribution in [0.25, 0.3) is 0 Å². The van der Waals surface area contributed by atoms with Crippen molar-refractivity contribution < 1.29 is 22.4 Å². The Morgan fingerprint density at radius 1 is 1.03 bits per heavy atom. The first-order valence-electron chi connectivity index (χ1n) is 12.8. The van der Waals surface area contributed by atoms with Gasteiger partial charge < -0.3 is 15.5 Å². The lowest BCUT2D eigenvalue weighted by atomic mass is 9.79. The highest BCUT2D eigenvalue weighted by Gasteiger charge is 2.37. The summed E-state index contributed by atoms with van der Waals surface area (Å²) in [7, 11) is 0. The molecular weight excluding hydrogens is 470 g/mol. The third kappa shape index (κ3) is 6.31. The molecule has 2 aliphatic rings. The fraction of sp³-hybridized carbons (Fsp3) is 0.536. The van der Waals surface area contributed by atoms with Crippen LogP contribution in [0, 0.1) is 24.1 Å². The van der Waals surface area contributed by atoms with Gasteiger partial charge >= 0.3 is 6.18 Å². The number of halogens is 4. The Hall–Kier alpha value is -2.77. The molecule has 1 aliphatic heterocycles. The quantitative estimate of drug-likeness (QED) is 0.438. The Bertz CT molecular complexity index is 1040. The summed E-state index contributed by atoms with van der Waals surface area (Å²) >= 11 is 0. The minimum absolute atomic E-state index is 0.0841. The summed E-state index contributed by atoms with van der Waals surface area (Å²) in [6.45, 7) is 5.62. The van der Waals surface area contributed by atoms with Gasteiger partial charge in [-0.05, 0) is 93.3 Å². The SMILES string of the molecule is Cc1ccc(NC2CCC(CNC(=O)C3(C)CCN(c4ccc(F)cc4)CC3)CC2)cc1C(F)(F)F. The maximum absolute atomic E-state index is 13.2. The number of rotatable bonds is 6. The lowest BCUT2D eigenvalue weighted by Gasteiger charge is -2.39. The first kappa shape index (κ1) is 26.3. The molecule has 1 heterocycles. The number of carbonyl (C=O) groups excluding carboxylic acids is 1. The summed E-state index contributed by atoms with van der Waals surface area (Å²) in [6.07, 6.45) is 0.688. The van der Waals surface area contributed by atoms with Gasteiger partial charge in [-0.1, -0.05) is 13.0 Å². The van der Waals surface area contributed by atoms with Crippen molar-refractivity contribution in [3.8, 4) is 0 Å². The average molecular weight is 506 g/mol. The number of nitrogens with one attached hydrogen (secondary N) is 2. The van der Waals surface area contributed by atoms with Crippen molar-refractivity contribution in [1.29, 1.82) is 0 Å². The van der Waals surface area contributed by atoms with Crippen LogP contribution in [-0.4, -0.2) is 31.6 Å².